The van der Waals surface area contributed by atoms with Gasteiger partial charge >= 0.3 is 6.18 Å². The standard InChI is InChI=1S/C23H31F3N6/c1-3-5-17-13-21(32-9-4-6-20(14-32)31(2)19-7-8-19)30-22(28-17)29-18-11-15(23(24,25)26)10-16(27)12-18/h10-13,19-20H,3-9,14,27H2,1-2H3,(H,28,29,30)/t20-/m1/s1. The number of aromatic nitrogens is 2. The molecule has 1 aromatic carbocycles. The molecular formula is C23H31F3N6. The largest absolute Gasteiger partial charge is 0.416 e. The van der Waals surface area contributed by atoms with Crippen LogP contribution in [0.5, 0.6) is 0 Å². The molecule has 6 nitrogen and oxygen atoms in total. The highest BCUT2D eigenvalue weighted by molar-refractivity contribution is 5.63. The summed E-state index contributed by atoms with van der Waals surface area (Å²) in [5.74, 6) is 1.11. The third-order valence-electron chi connectivity index (χ3n) is 6.23. The van der Waals surface area contributed by atoms with Crippen molar-refractivity contribution in [3.63, 3.8) is 0 Å². The number of hydrogen-bond acceptors (Lipinski definition) is 6. The van der Waals surface area contributed by atoms with E-state index in [2.05, 4.69) is 39.1 Å². The topological polar surface area (TPSA) is 70.3 Å². The fraction of sp³-hybridized carbons (Fsp3) is 0.565. The second-order valence-corrected chi connectivity index (χ2v) is 8.90. The van der Waals surface area contributed by atoms with E-state index in [0.29, 0.717) is 18.0 Å². The number of nitrogens with one attached hydrogen (secondary N) is 1. The van der Waals surface area contributed by atoms with Gasteiger partial charge in [0.05, 0.1) is 5.56 Å². The summed E-state index contributed by atoms with van der Waals surface area (Å²) < 4.78 is 39.6. The summed E-state index contributed by atoms with van der Waals surface area (Å²) in [6.07, 6.45) is 2.02. The number of nitrogen functional groups attached to an aromatic ring is 1. The van der Waals surface area contributed by atoms with Gasteiger partial charge in [-0.15, -0.1) is 0 Å². The van der Waals surface area contributed by atoms with Gasteiger partial charge in [-0.3, -0.25) is 4.90 Å². The Morgan fingerprint density at radius 3 is 2.59 bits per heavy atom. The molecule has 1 saturated carbocycles. The highest BCUT2D eigenvalue weighted by Crippen LogP contribution is 2.34. The summed E-state index contributed by atoms with van der Waals surface area (Å²) >= 11 is 0. The molecule has 3 N–H and O–H groups in total. The normalized spacial score (nSPS) is 19.4. The number of alkyl halides is 3. The Hall–Kier alpha value is -2.55. The average molecular weight is 449 g/mol. The molecule has 1 aliphatic heterocycles. The van der Waals surface area contributed by atoms with E-state index in [9.17, 15) is 13.2 Å². The first-order chi connectivity index (χ1) is 15.2. The first kappa shape index (κ1) is 22.6. The van der Waals surface area contributed by atoms with Gasteiger partial charge < -0.3 is 16.0 Å². The lowest BCUT2D eigenvalue weighted by Gasteiger charge is -2.38. The van der Waals surface area contributed by atoms with Crippen molar-refractivity contribution in [2.24, 2.45) is 0 Å². The molecule has 1 aliphatic carbocycles. The Morgan fingerprint density at radius 2 is 1.91 bits per heavy atom. The third kappa shape index (κ3) is 5.43. The number of likely N-dealkylation sites (N-methyl/N-ethyl adjacent to an activating group) is 1. The second kappa shape index (κ2) is 9.13. The van der Waals surface area contributed by atoms with Crippen LogP contribution in [0, 0.1) is 0 Å². The maximum Gasteiger partial charge on any atom is 0.416 e. The number of hydrogen-bond donors (Lipinski definition) is 2. The lowest BCUT2D eigenvalue weighted by atomic mass is 10.0. The number of halogens is 3. The van der Waals surface area contributed by atoms with Crippen LogP contribution in [-0.4, -0.2) is 47.1 Å². The number of piperidine rings is 1. The Bertz CT molecular complexity index is 944. The van der Waals surface area contributed by atoms with Crippen molar-refractivity contribution in [3.8, 4) is 0 Å². The summed E-state index contributed by atoms with van der Waals surface area (Å²) in [7, 11) is 2.21. The average Bonchev–Trinajstić information content (AvgIpc) is 3.58. The van der Waals surface area contributed by atoms with Crippen molar-refractivity contribution in [1.82, 2.24) is 14.9 Å². The van der Waals surface area contributed by atoms with Crippen molar-refractivity contribution < 1.29 is 13.2 Å². The van der Waals surface area contributed by atoms with Crippen molar-refractivity contribution in [1.29, 1.82) is 0 Å². The lowest BCUT2D eigenvalue weighted by Crippen LogP contribution is -2.47. The minimum Gasteiger partial charge on any atom is -0.399 e. The predicted octanol–water partition coefficient (Wildman–Crippen LogP) is 4.84. The van der Waals surface area contributed by atoms with E-state index < -0.39 is 11.7 Å². The van der Waals surface area contributed by atoms with Crippen LogP contribution in [0.3, 0.4) is 0 Å². The van der Waals surface area contributed by atoms with Crippen molar-refractivity contribution in [2.45, 2.75) is 63.7 Å². The Balaban J connectivity index is 1.59. The monoisotopic (exact) mass is 448 g/mol. The molecule has 32 heavy (non-hydrogen) atoms. The van der Waals surface area contributed by atoms with Gasteiger partial charge in [0.25, 0.3) is 0 Å². The van der Waals surface area contributed by atoms with Gasteiger partial charge in [0.15, 0.2) is 0 Å². The summed E-state index contributed by atoms with van der Waals surface area (Å²) in [6, 6.07) is 6.62. The van der Waals surface area contributed by atoms with Crippen LogP contribution in [0.1, 0.15) is 50.3 Å². The molecule has 2 fully saturated rings. The number of anilines is 4. The SMILES string of the molecule is CCCc1cc(N2CCC[C@@H](N(C)C3CC3)C2)nc(Nc2cc(N)cc(C(F)(F)F)c2)n1. The lowest BCUT2D eigenvalue weighted by molar-refractivity contribution is -0.137. The van der Waals surface area contributed by atoms with E-state index in [4.69, 9.17) is 5.73 Å². The molecule has 1 aromatic heterocycles. The second-order valence-electron chi connectivity index (χ2n) is 8.90. The molecule has 4 rings (SSSR count). The zero-order valence-electron chi connectivity index (χ0n) is 18.6. The number of nitrogens with two attached hydrogens (primary N) is 1. The summed E-state index contributed by atoms with van der Waals surface area (Å²) in [5.41, 5.74) is 6.05. The molecule has 0 amide bonds. The fourth-order valence-corrected chi connectivity index (χ4v) is 4.38. The maximum atomic E-state index is 13.2. The predicted molar refractivity (Wildman–Crippen MR) is 121 cm³/mol. The summed E-state index contributed by atoms with van der Waals surface area (Å²) in [5, 5.41) is 2.96. The van der Waals surface area contributed by atoms with Gasteiger partial charge in [-0.25, -0.2) is 4.98 Å². The maximum absolute atomic E-state index is 13.2. The molecule has 0 radical (unpaired) electrons. The molecule has 1 saturated heterocycles. The van der Waals surface area contributed by atoms with Crippen molar-refractivity contribution >= 4 is 23.1 Å². The molecule has 174 valence electrons. The van der Waals surface area contributed by atoms with Gasteiger partial charge in [0.2, 0.25) is 5.95 Å². The highest BCUT2D eigenvalue weighted by atomic mass is 19.4. The van der Waals surface area contributed by atoms with E-state index in [0.717, 1.165) is 56.0 Å². The quantitative estimate of drug-likeness (QED) is 0.591. The number of aryl methyl sites for hydroxylation is 1. The van der Waals surface area contributed by atoms with E-state index in [1.807, 2.05) is 6.07 Å². The van der Waals surface area contributed by atoms with E-state index in [-0.39, 0.29) is 11.4 Å². The number of nitrogens with zero attached hydrogens (tertiary/aromatic N) is 4. The van der Waals surface area contributed by atoms with E-state index in [1.54, 1.807) is 0 Å². The van der Waals surface area contributed by atoms with Gasteiger partial charge in [-0.2, -0.15) is 18.2 Å². The summed E-state index contributed by atoms with van der Waals surface area (Å²) in [6.45, 7) is 3.88. The van der Waals surface area contributed by atoms with Gasteiger partial charge in [-0.05, 0) is 57.4 Å². The van der Waals surface area contributed by atoms with Crippen molar-refractivity contribution in [2.75, 3.05) is 36.1 Å². The van der Waals surface area contributed by atoms with E-state index in [1.165, 1.54) is 25.3 Å². The van der Waals surface area contributed by atoms with Crippen LogP contribution in [-0.2, 0) is 12.6 Å². The number of rotatable bonds is 7. The van der Waals surface area contributed by atoms with Crippen LogP contribution in [0.2, 0.25) is 0 Å². The third-order valence-corrected chi connectivity index (χ3v) is 6.23. The molecule has 2 heterocycles. The Kier molecular flexibility index (Phi) is 6.46. The van der Waals surface area contributed by atoms with E-state index >= 15 is 0 Å². The number of benzene rings is 1. The first-order valence-electron chi connectivity index (χ1n) is 11.3. The Morgan fingerprint density at radius 1 is 1.12 bits per heavy atom. The molecular weight excluding hydrogens is 417 g/mol. The smallest absolute Gasteiger partial charge is 0.399 e. The van der Waals surface area contributed by atoms with Crippen LogP contribution in [0.15, 0.2) is 24.3 Å². The zero-order chi connectivity index (χ0) is 22.9. The molecule has 1 atom stereocenters. The fourth-order valence-electron chi connectivity index (χ4n) is 4.38. The first-order valence-corrected chi connectivity index (χ1v) is 11.3. The zero-order valence-corrected chi connectivity index (χ0v) is 18.6. The summed E-state index contributed by atoms with van der Waals surface area (Å²) in [4.78, 5) is 14.0. The van der Waals surface area contributed by atoms with Gasteiger partial charge in [0, 0.05) is 48.3 Å². The highest BCUT2D eigenvalue weighted by Gasteiger charge is 2.34. The van der Waals surface area contributed by atoms with Crippen LogP contribution in [0.25, 0.3) is 0 Å². The molecule has 9 heteroatoms. The Labute approximate surface area is 187 Å². The minimum atomic E-state index is -4.47. The molecule has 0 spiro atoms. The molecule has 0 bridgehead atoms. The molecule has 2 aromatic rings. The van der Waals surface area contributed by atoms with Crippen LogP contribution in [0.4, 0.5) is 36.3 Å². The van der Waals surface area contributed by atoms with Gasteiger partial charge in [0.1, 0.15) is 5.82 Å². The minimum absolute atomic E-state index is 0.0363. The molecule has 2 aliphatic rings. The van der Waals surface area contributed by atoms with Crippen LogP contribution < -0.4 is 16.0 Å². The van der Waals surface area contributed by atoms with Crippen molar-refractivity contribution in [3.05, 3.63) is 35.5 Å². The van der Waals surface area contributed by atoms with Gasteiger partial charge in [-0.1, -0.05) is 13.3 Å². The molecule has 0 unspecified atom stereocenters. The van der Waals surface area contributed by atoms with Crippen LogP contribution >= 0.6 is 0 Å².